The predicted octanol–water partition coefficient (Wildman–Crippen LogP) is 2.55. The lowest BCUT2D eigenvalue weighted by Gasteiger charge is -2.16. The average Bonchev–Trinajstić information content (AvgIpc) is 2.03. The van der Waals surface area contributed by atoms with E-state index in [1.165, 1.54) is 32.1 Å². The smallest absolute Gasteiger partial charge is 0.0391 e. The van der Waals surface area contributed by atoms with Crippen LogP contribution >= 0.6 is 8.81 Å². The third kappa shape index (κ3) is 6.77. The van der Waals surface area contributed by atoms with Crippen molar-refractivity contribution in [3.8, 4) is 0 Å². The summed E-state index contributed by atoms with van der Waals surface area (Å²) in [6.45, 7) is 4.41. The maximum absolute atomic E-state index is 10.4. The summed E-state index contributed by atoms with van der Waals surface area (Å²) >= 11 is 0. The minimum Gasteiger partial charge on any atom is -0.832 e. The van der Waals surface area contributed by atoms with Crippen molar-refractivity contribution >= 4 is 8.81 Å². The van der Waals surface area contributed by atoms with E-state index in [4.69, 9.17) is 0 Å². The Kier molecular flexibility index (Phi) is 8.79. The Morgan fingerprint density at radius 1 is 1.27 bits per heavy atom. The van der Waals surface area contributed by atoms with Crippen LogP contribution in [0.15, 0.2) is 0 Å². The minimum absolute atomic E-state index is 0.0932. The second-order valence-corrected chi connectivity index (χ2v) is 3.82. The van der Waals surface area contributed by atoms with Gasteiger partial charge >= 0.3 is 0 Å². The van der Waals surface area contributed by atoms with Crippen LogP contribution in [0.1, 0.15) is 46.0 Å². The third-order valence-corrected chi connectivity index (χ3v) is 2.91. The molecule has 0 bridgehead atoms. The lowest BCUT2D eigenvalue weighted by atomic mass is 10.0. The Hall–Kier alpha value is 0.390. The molecule has 1 nitrogen and oxygen atoms in total. The van der Waals surface area contributed by atoms with Crippen LogP contribution in [-0.4, -0.2) is 6.16 Å². The lowest BCUT2D eigenvalue weighted by molar-refractivity contribution is -0.151. The molecule has 0 aromatic carbocycles. The molecule has 0 aromatic rings. The first-order valence-corrected chi connectivity index (χ1v) is 5.81. The topological polar surface area (TPSA) is 23.1 Å². The van der Waals surface area contributed by atoms with E-state index in [1.54, 1.807) is 0 Å². The second-order valence-electron chi connectivity index (χ2n) is 3.12. The molecule has 0 fully saturated rings. The molecule has 2 atom stereocenters. The van der Waals surface area contributed by atoms with E-state index in [2.05, 4.69) is 13.8 Å². The van der Waals surface area contributed by atoms with E-state index < -0.39 is 0 Å². The molecule has 0 aliphatic rings. The molecular formula is C9H20OP-. The summed E-state index contributed by atoms with van der Waals surface area (Å²) in [4.78, 5) is 10.4. The van der Waals surface area contributed by atoms with Gasteiger partial charge in [-0.2, -0.15) is 0 Å². The summed E-state index contributed by atoms with van der Waals surface area (Å²) in [5.41, 5.74) is 0. The van der Waals surface area contributed by atoms with Gasteiger partial charge in [0.2, 0.25) is 0 Å². The SMILES string of the molecule is CCCCCC(CC)CP[O-]. The largest absolute Gasteiger partial charge is 0.832 e. The van der Waals surface area contributed by atoms with Crippen LogP contribution in [0.25, 0.3) is 0 Å². The standard InChI is InChI=1S/C9H20OP/c1-3-5-6-7-9(4-2)8-11-10/h9,11H,3-8H2,1-2H3/q-1. The van der Waals surface area contributed by atoms with Crippen molar-refractivity contribution in [3.63, 3.8) is 0 Å². The highest BCUT2D eigenvalue weighted by atomic mass is 31.1. The quantitative estimate of drug-likeness (QED) is 0.430. The van der Waals surface area contributed by atoms with Crippen LogP contribution in [0.4, 0.5) is 0 Å². The maximum Gasteiger partial charge on any atom is -0.0391 e. The predicted molar refractivity (Wildman–Crippen MR) is 51.1 cm³/mol. The van der Waals surface area contributed by atoms with Crippen LogP contribution in [0.5, 0.6) is 0 Å². The van der Waals surface area contributed by atoms with Gasteiger partial charge in [-0.3, -0.25) is 0 Å². The molecular weight excluding hydrogens is 155 g/mol. The molecule has 0 spiro atoms. The molecule has 0 aliphatic heterocycles. The second kappa shape index (κ2) is 8.49. The summed E-state index contributed by atoms with van der Waals surface area (Å²) in [5.74, 6) is 0.720. The van der Waals surface area contributed by atoms with Crippen LogP contribution < -0.4 is 4.89 Å². The van der Waals surface area contributed by atoms with Gasteiger partial charge in [0.15, 0.2) is 0 Å². The molecule has 0 rings (SSSR count). The van der Waals surface area contributed by atoms with Gasteiger partial charge in [0.25, 0.3) is 0 Å². The first-order chi connectivity index (χ1) is 5.35. The molecule has 0 saturated carbocycles. The fourth-order valence-electron chi connectivity index (χ4n) is 1.25. The number of unbranched alkanes of at least 4 members (excludes halogenated alkanes) is 2. The summed E-state index contributed by atoms with van der Waals surface area (Å²) in [7, 11) is -0.0932. The zero-order valence-corrected chi connectivity index (χ0v) is 8.73. The van der Waals surface area contributed by atoms with Crippen molar-refractivity contribution in [2.24, 2.45) is 5.92 Å². The summed E-state index contributed by atoms with van der Waals surface area (Å²) in [6.07, 6.45) is 7.33. The molecule has 2 unspecified atom stereocenters. The van der Waals surface area contributed by atoms with E-state index in [0.29, 0.717) is 0 Å². The molecule has 0 aromatic heterocycles. The van der Waals surface area contributed by atoms with Gasteiger partial charge in [-0.25, -0.2) is 8.81 Å². The fourth-order valence-corrected chi connectivity index (χ4v) is 1.98. The van der Waals surface area contributed by atoms with Crippen molar-refractivity contribution in [1.82, 2.24) is 0 Å². The number of hydrogen-bond acceptors (Lipinski definition) is 1. The van der Waals surface area contributed by atoms with E-state index in [0.717, 1.165) is 12.1 Å². The minimum atomic E-state index is -0.0932. The van der Waals surface area contributed by atoms with Gasteiger partial charge in [0.05, 0.1) is 0 Å². The van der Waals surface area contributed by atoms with Crippen molar-refractivity contribution in [3.05, 3.63) is 0 Å². The fraction of sp³-hybridized carbons (Fsp3) is 1.00. The van der Waals surface area contributed by atoms with Crippen LogP contribution in [0, 0.1) is 5.92 Å². The highest BCUT2D eigenvalue weighted by Crippen LogP contribution is 2.18. The van der Waals surface area contributed by atoms with E-state index in [9.17, 15) is 4.89 Å². The Bertz CT molecular complexity index is 76.0. The third-order valence-electron chi connectivity index (χ3n) is 2.17. The van der Waals surface area contributed by atoms with Crippen molar-refractivity contribution < 1.29 is 4.89 Å². The lowest BCUT2D eigenvalue weighted by Crippen LogP contribution is -2.03. The van der Waals surface area contributed by atoms with Crippen molar-refractivity contribution in [2.45, 2.75) is 46.0 Å². The molecule has 0 saturated heterocycles. The highest BCUT2D eigenvalue weighted by Gasteiger charge is 2.01. The number of rotatable bonds is 7. The molecule has 0 N–H and O–H groups in total. The molecule has 11 heavy (non-hydrogen) atoms. The summed E-state index contributed by atoms with van der Waals surface area (Å²) in [6, 6.07) is 0. The molecule has 68 valence electrons. The van der Waals surface area contributed by atoms with Gasteiger partial charge in [0, 0.05) is 0 Å². The summed E-state index contributed by atoms with van der Waals surface area (Å²) in [5, 5.41) is 0. The van der Waals surface area contributed by atoms with Gasteiger partial charge in [-0.1, -0.05) is 46.0 Å². The van der Waals surface area contributed by atoms with Gasteiger partial charge in [0.1, 0.15) is 0 Å². The summed E-state index contributed by atoms with van der Waals surface area (Å²) < 4.78 is 0. The van der Waals surface area contributed by atoms with E-state index >= 15 is 0 Å². The molecule has 2 heteroatoms. The Labute approximate surface area is 72.5 Å². The molecule has 0 radical (unpaired) electrons. The van der Waals surface area contributed by atoms with Gasteiger partial charge in [-0.15, -0.1) is 0 Å². The Morgan fingerprint density at radius 2 is 2.00 bits per heavy atom. The monoisotopic (exact) mass is 175 g/mol. The van der Waals surface area contributed by atoms with E-state index in [1.807, 2.05) is 0 Å². The van der Waals surface area contributed by atoms with Crippen molar-refractivity contribution in [2.75, 3.05) is 6.16 Å². The van der Waals surface area contributed by atoms with Gasteiger partial charge in [-0.05, 0) is 12.1 Å². The molecule has 0 amide bonds. The highest BCUT2D eigenvalue weighted by molar-refractivity contribution is 7.29. The van der Waals surface area contributed by atoms with Crippen LogP contribution in [0.3, 0.4) is 0 Å². The molecule has 0 aliphatic carbocycles. The van der Waals surface area contributed by atoms with Gasteiger partial charge < -0.3 is 4.89 Å². The average molecular weight is 175 g/mol. The number of hydrogen-bond donors (Lipinski definition) is 0. The Morgan fingerprint density at radius 3 is 2.45 bits per heavy atom. The normalized spacial score (nSPS) is 14.5. The Balaban J connectivity index is 3.20. The van der Waals surface area contributed by atoms with Crippen molar-refractivity contribution in [1.29, 1.82) is 0 Å². The maximum atomic E-state index is 10.4. The first kappa shape index (κ1) is 11.4. The van der Waals surface area contributed by atoms with E-state index in [-0.39, 0.29) is 8.81 Å². The zero-order chi connectivity index (χ0) is 8.53. The molecule has 0 heterocycles. The first-order valence-electron chi connectivity index (χ1n) is 4.70. The zero-order valence-electron chi connectivity index (χ0n) is 7.73. The van der Waals surface area contributed by atoms with Crippen LogP contribution in [0.2, 0.25) is 0 Å². The van der Waals surface area contributed by atoms with Crippen LogP contribution in [-0.2, 0) is 0 Å².